The van der Waals surface area contributed by atoms with Crippen LogP contribution in [0.1, 0.15) is 119 Å². The minimum atomic E-state index is -0.121. The van der Waals surface area contributed by atoms with Gasteiger partial charge in [-0.15, -0.1) is 0 Å². The van der Waals surface area contributed by atoms with Gasteiger partial charge in [-0.05, 0) is 136 Å². The smallest absolute Gasteiger partial charge is 0.870 e. The first-order chi connectivity index (χ1) is 25.5. The van der Waals surface area contributed by atoms with Crippen LogP contribution in [0.25, 0.3) is 0 Å². The summed E-state index contributed by atoms with van der Waals surface area (Å²) in [7, 11) is 0. The van der Waals surface area contributed by atoms with Gasteiger partial charge < -0.3 is 15.7 Å². The number of rotatable bonds is 3. The SMILES string of the molecule is C.C.CC1=CC2C(C(C)C)CC1C1C(=O)C=CC(=O)C21.CC1=CC2c3c(O)ccc(O)c3C1CC2C(C)C.CC1=CCC(C(C)C)C=C1.O=C1C=CC(=O)C=C1.[Na+].[OH-]. The Labute approximate surface area is 371 Å². The molecule has 0 heterocycles. The van der Waals surface area contributed by atoms with E-state index in [-0.39, 0.29) is 103 Å². The van der Waals surface area contributed by atoms with E-state index in [9.17, 15) is 29.4 Å². The first-order valence-corrected chi connectivity index (χ1v) is 20.0. The van der Waals surface area contributed by atoms with Crippen LogP contribution in [0.4, 0.5) is 0 Å². The number of hydrogen-bond donors (Lipinski definition) is 2. The van der Waals surface area contributed by atoms with Crippen molar-refractivity contribution in [2.24, 2.45) is 59.2 Å². The Morgan fingerprint density at radius 1 is 0.621 bits per heavy atom. The van der Waals surface area contributed by atoms with Crippen LogP contribution in [0.5, 0.6) is 11.5 Å². The van der Waals surface area contributed by atoms with E-state index in [1.165, 1.54) is 59.6 Å². The molecular formula is C50H69NaO7. The molecule has 4 bridgehead atoms. The van der Waals surface area contributed by atoms with Gasteiger partial charge in [0.2, 0.25) is 0 Å². The molecule has 9 unspecified atom stereocenters. The summed E-state index contributed by atoms with van der Waals surface area (Å²) in [6.45, 7) is 19.9. The first kappa shape index (κ1) is 52.7. The summed E-state index contributed by atoms with van der Waals surface area (Å²) in [5.74, 6) is 5.64. The van der Waals surface area contributed by atoms with Crippen LogP contribution < -0.4 is 29.6 Å². The third kappa shape index (κ3) is 11.5. The zero-order chi connectivity index (χ0) is 39.6. The Hall–Kier alpha value is -3.36. The molecule has 10 rings (SSSR count). The van der Waals surface area contributed by atoms with Gasteiger partial charge in [-0.25, -0.2) is 0 Å². The van der Waals surface area contributed by atoms with Crippen molar-refractivity contribution < 1.29 is 64.4 Å². The Morgan fingerprint density at radius 3 is 1.62 bits per heavy atom. The molecule has 1 aromatic carbocycles. The summed E-state index contributed by atoms with van der Waals surface area (Å²) >= 11 is 0. The second kappa shape index (κ2) is 22.3. The van der Waals surface area contributed by atoms with Gasteiger partial charge in [-0.3, -0.25) is 19.2 Å². The molecule has 9 atom stereocenters. The van der Waals surface area contributed by atoms with Crippen molar-refractivity contribution in [1.82, 2.24) is 0 Å². The van der Waals surface area contributed by atoms with Crippen LogP contribution in [0.2, 0.25) is 0 Å². The van der Waals surface area contributed by atoms with Gasteiger partial charge in [0.1, 0.15) is 11.5 Å². The molecule has 58 heavy (non-hydrogen) atoms. The van der Waals surface area contributed by atoms with Crippen LogP contribution >= 0.6 is 0 Å². The molecular weight excluding hydrogens is 736 g/mol. The molecule has 8 heteroatoms. The molecule has 9 aliphatic rings. The Balaban J connectivity index is 0.000000397. The second-order valence-electron chi connectivity index (χ2n) is 17.4. The zero-order valence-corrected chi connectivity index (χ0v) is 37.0. The predicted molar refractivity (Wildman–Crippen MR) is 231 cm³/mol. The van der Waals surface area contributed by atoms with Gasteiger partial charge in [0.15, 0.2) is 23.1 Å². The number of carbonyl (C=O) groups is 4. The molecule has 0 saturated heterocycles. The Kier molecular flexibility index (Phi) is 20.2. The molecule has 0 spiro atoms. The number of phenols is 2. The number of phenolic OH excluding ortho intramolecular Hbond substituents is 2. The van der Waals surface area contributed by atoms with Gasteiger partial charge in [0.25, 0.3) is 0 Å². The number of aromatic hydroxyl groups is 2. The minimum absolute atomic E-state index is 0. The topological polar surface area (TPSA) is 139 Å². The number of ketones is 4. The van der Waals surface area contributed by atoms with E-state index < -0.39 is 0 Å². The van der Waals surface area contributed by atoms with E-state index >= 15 is 0 Å². The zero-order valence-electron chi connectivity index (χ0n) is 35.0. The van der Waals surface area contributed by atoms with Crippen molar-refractivity contribution in [3.05, 3.63) is 107 Å². The molecule has 1 saturated carbocycles. The van der Waals surface area contributed by atoms with Crippen LogP contribution in [-0.4, -0.2) is 38.8 Å². The summed E-state index contributed by atoms with van der Waals surface area (Å²) in [4.78, 5) is 44.9. The average molecular weight is 805 g/mol. The maximum Gasteiger partial charge on any atom is 1.00 e. The van der Waals surface area contributed by atoms with Crippen molar-refractivity contribution in [3.63, 3.8) is 0 Å². The molecule has 312 valence electrons. The number of carbonyl (C=O) groups excluding carboxylic acids is 4. The van der Waals surface area contributed by atoms with Gasteiger partial charge >= 0.3 is 29.6 Å². The Morgan fingerprint density at radius 2 is 1.14 bits per heavy atom. The van der Waals surface area contributed by atoms with E-state index in [2.05, 4.69) is 92.7 Å². The molecule has 9 aliphatic carbocycles. The number of hydrogen-bond acceptors (Lipinski definition) is 7. The minimum Gasteiger partial charge on any atom is -0.870 e. The number of fused-ring (bicyclic) bond motifs is 2. The van der Waals surface area contributed by atoms with Crippen molar-refractivity contribution >= 4 is 23.1 Å². The number of benzene rings is 1. The second-order valence-corrected chi connectivity index (χ2v) is 17.4. The van der Waals surface area contributed by atoms with Gasteiger partial charge in [0.05, 0.1) is 0 Å². The first-order valence-electron chi connectivity index (χ1n) is 20.0. The molecule has 0 aliphatic heterocycles. The maximum atomic E-state index is 12.2. The fourth-order valence-electron chi connectivity index (χ4n) is 9.79. The normalized spacial score (nSPS) is 29.0. The number of allylic oxidation sites excluding steroid dienone is 14. The quantitative estimate of drug-likeness (QED) is 0.136. The molecule has 3 N–H and O–H groups in total. The molecule has 1 aromatic rings. The third-order valence-corrected chi connectivity index (χ3v) is 13.0. The van der Waals surface area contributed by atoms with Crippen molar-refractivity contribution in [3.8, 4) is 11.5 Å². The summed E-state index contributed by atoms with van der Waals surface area (Å²) in [6.07, 6.45) is 22.9. The molecule has 0 aromatic heterocycles. The van der Waals surface area contributed by atoms with E-state index in [4.69, 9.17) is 0 Å². The summed E-state index contributed by atoms with van der Waals surface area (Å²) in [6, 6.07) is 3.24. The van der Waals surface area contributed by atoms with Crippen molar-refractivity contribution in [2.75, 3.05) is 0 Å². The fraction of sp³-hybridized carbons (Fsp3) is 0.520. The monoisotopic (exact) mass is 804 g/mol. The van der Waals surface area contributed by atoms with Crippen molar-refractivity contribution in [2.45, 2.75) is 108 Å². The van der Waals surface area contributed by atoms with Crippen LogP contribution in [0.3, 0.4) is 0 Å². The van der Waals surface area contributed by atoms with E-state index in [1.54, 1.807) is 12.1 Å². The fourth-order valence-corrected chi connectivity index (χ4v) is 9.79. The Bertz CT molecular complexity index is 1830. The van der Waals surface area contributed by atoms with E-state index in [0.29, 0.717) is 41.1 Å². The van der Waals surface area contributed by atoms with Crippen LogP contribution in [0.15, 0.2) is 95.7 Å². The summed E-state index contributed by atoms with van der Waals surface area (Å²) in [5.41, 5.74) is 6.02. The van der Waals surface area contributed by atoms with Gasteiger partial charge in [-0.2, -0.15) is 0 Å². The van der Waals surface area contributed by atoms with E-state index in [1.807, 2.05) is 0 Å². The maximum absolute atomic E-state index is 12.2. The van der Waals surface area contributed by atoms with Crippen LogP contribution in [-0.2, 0) is 19.2 Å². The van der Waals surface area contributed by atoms with E-state index in [0.717, 1.165) is 35.8 Å². The molecule has 0 amide bonds. The largest absolute Gasteiger partial charge is 1.00 e. The standard InChI is InChI=1S/2C16H20O2.C10H16.C6H4O2.2CH4.Na.H2O/c2*1-8(2)10-7-11-9(3)6-12(10)16-14(18)5-4-13(17)15(11)16;1-8(2)10-6-4-9(3)5-7-10;7-5-1-2-6(8)4-3-5;;;;/h4-6,8,10-12,17-18H,7H2,1-3H3;4-6,8,10-12,15-16H,7H2,1-3H3;4-6,8,10H,7H2,1-3H3;1-4H;2*1H4;;1H2/q;;;;;;+1;/p-1. The van der Waals surface area contributed by atoms with Crippen LogP contribution in [0, 0.1) is 59.2 Å². The van der Waals surface area contributed by atoms with Gasteiger partial charge in [-0.1, -0.05) is 103 Å². The van der Waals surface area contributed by atoms with Crippen molar-refractivity contribution in [1.29, 1.82) is 0 Å². The summed E-state index contributed by atoms with van der Waals surface area (Å²) < 4.78 is 0. The molecule has 7 nitrogen and oxygen atoms in total. The summed E-state index contributed by atoms with van der Waals surface area (Å²) in [5, 5.41) is 20.3. The third-order valence-electron chi connectivity index (χ3n) is 13.0. The molecule has 0 radical (unpaired) electrons. The molecule has 1 fully saturated rings. The van der Waals surface area contributed by atoms with Gasteiger partial charge in [0, 0.05) is 34.8 Å². The predicted octanol–water partition coefficient (Wildman–Crippen LogP) is 8.21. The average Bonchev–Trinajstić information content (AvgIpc) is 3.13.